The monoisotopic (exact) mass is 316 g/mol. The van der Waals surface area contributed by atoms with Crippen LogP contribution in [-0.2, 0) is 10.0 Å². The average molecular weight is 317 g/mol. The van der Waals surface area contributed by atoms with Crippen LogP contribution in [0.5, 0.6) is 0 Å². The van der Waals surface area contributed by atoms with Crippen LogP contribution in [0, 0.1) is 12.3 Å². The summed E-state index contributed by atoms with van der Waals surface area (Å²) in [4.78, 5) is 0.224. The minimum Gasteiger partial charge on any atom is -0.398 e. The van der Waals surface area contributed by atoms with Crippen LogP contribution in [0.15, 0.2) is 17.0 Å². The van der Waals surface area contributed by atoms with E-state index in [1.54, 1.807) is 13.0 Å². The minimum atomic E-state index is -3.52. The minimum absolute atomic E-state index is 0.203. The molecule has 0 bridgehead atoms. The predicted octanol–water partition coefficient (Wildman–Crippen LogP) is 3.04. The van der Waals surface area contributed by atoms with E-state index in [1.807, 2.05) is 0 Å². The second-order valence-electron chi connectivity index (χ2n) is 6.19. The summed E-state index contributed by atoms with van der Waals surface area (Å²) in [6, 6.07) is 3.07. The van der Waals surface area contributed by atoms with Crippen molar-refractivity contribution in [1.29, 1.82) is 0 Å². The van der Waals surface area contributed by atoms with Crippen molar-refractivity contribution in [3.63, 3.8) is 0 Å². The van der Waals surface area contributed by atoms with Crippen LogP contribution in [0.25, 0.3) is 0 Å². The maximum atomic E-state index is 12.7. The second-order valence-corrected chi connectivity index (χ2v) is 8.53. The third-order valence-electron chi connectivity index (χ3n) is 4.06. The Kier molecular flexibility index (Phi) is 4.06. The van der Waals surface area contributed by atoms with Crippen LogP contribution in [0.3, 0.4) is 0 Å². The second kappa shape index (κ2) is 5.20. The molecule has 1 fully saturated rings. The molecule has 0 radical (unpaired) electrons. The number of anilines is 1. The van der Waals surface area contributed by atoms with Crippen molar-refractivity contribution in [2.24, 2.45) is 5.41 Å². The van der Waals surface area contributed by atoms with Gasteiger partial charge in [-0.05, 0) is 42.9 Å². The first-order valence-corrected chi connectivity index (χ1v) is 8.51. The van der Waals surface area contributed by atoms with Gasteiger partial charge in [-0.1, -0.05) is 25.4 Å². The van der Waals surface area contributed by atoms with E-state index in [2.05, 4.69) is 13.8 Å². The zero-order valence-corrected chi connectivity index (χ0v) is 13.7. The third kappa shape index (κ3) is 2.95. The number of rotatable bonds is 2. The highest BCUT2D eigenvalue weighted by Crippen LogP contribution is 2.34. The molecule has 1 aliphatic rings. The highest BCUT2D eigenvalue weighted by molar-refractivity contribution is 7.89. The van der Waals surface area contributed by atoms with Crippen LogP contribution in [-0.4, -0.2) is 25.8 Å². The van der Waals surface area contributed by atoms with Crippen molar-refractivity contribution < 1.29 is 8.42 Å². The van der Waals surface area contributed by atoms with Gasteiger partial charge in [-0.15, -0.1) is 0 Å². The molecule has 1 saturated heterocycles. The van der Waals surface area contributed by atoms with Gasteiger partial charge in [-0.25, -0.2) is 8.42 Å². The molecule has 2 rings (SSSR count). The van der Waals surface area contributed by atoms with Gasteiger partial charge in [0, 0.05) is 23.8 Å². The summed E-state index contributed by atoms with van der Waals surface area (Å²) in [6.45, 7) is 7.13. The first-order valence-electron chi connectivity index (χ1n) is 6.69. The summed E-state index contributed by atoms with van der Waals surface area (Å²) < 4.78 is 27.0. The Bertz CT molecular complexity index is 616. The van der Waals surface area contributed by atoms with E-state index in [9.17, 15) is 8.42 Å². The van der Waals surface area contributed by atoms with Gasteiger partial charge in [0.2, 0.25) is 10.0 Å². The Morgan fingerprint density at radius 2 is 1.80 bits per heavy atom. The molecular formula is C14H21ClN2O2S. The Morgan fingerprint density at radius 1 is 1.25 bits per heavy atom. The van der Waals surface area contributed by atoms with Gasteiger partial charge in [0.15, 0.2) is 0 Å². The van der Waals surface area contributed by atoms with Crippen molar-refractivity contribution in [2.75, 3.05) is 18.8 Å². The number of benzene rings is 1. The van der Waals surface area contributed by atoms with Crippen LogP contribution in [0.2, 0.25) is 5.02 Å². The van der Waals surface area contributed by atoms with E-state index in [0.717, 1.165) is 12.8 Å². The Morgan fingerprint density at radius 3 is 2.35 bits per heavy atom. The van der Waals surface area contributed by atoms with Crippen molar-refractivity contribution in [2.45, 2.75) is 38.5 Å². The molecule has 1 aliphatic heterocycles. The lowest BCUT2D eigenvalue weighted by atomic mass is 9.83. The summed E-state index contributed by atoms with van der Waals surface area (Å²) in [5.41, 5.74) is 7.01. The molecule has 0 amide bonds. The highest BCUT2D eigenvalue weighted by Gasteiger charge is 2.33. The first-order chi connectivity index (χ1) is 9.13. The van der Waals surface area contributed by atoms with Crippen molar-refractivity contribution >= 4 is 27.3 Å². The number of halogens is 1. The number of hydrogen-bond acceptors (Lipinski definition) is 3. The van der Waals surface area contributed by atoms with Gasteiger partial charge in [0.05, 0.1) is 4.90 Å². The SMILES string of the molecule is Cc1c(N)cc(Cl)cc1S(=O)(=O)N1CCC(C)(C)CC1. The van der Waals surface area contributed by atoms with Crippen LogP contribution in [0.1, 0.15) is 32.3 Å². The lowest BCUT2D eigenvalue weighted by Crippen LogP contribution is -2.41. The van der Waals surface area contributed by atoms with Gasteiger partial charge >= 0.3 is 0 Å². The molecule has 0 aromatic heterocycles. The standard InChI is InChI=1S/C14H21ClN2O2S/c1-10-12(16)8-11(15)9-13(10)20(18,19)17-6-4-14(2,3)5-7-17/h8-9H,4-7,16H2,1-3H3. The molecule has 1 heterocycles. The molecule has 0 aliphatic carbocycles. The summed E-state index contributed by atoms with van der Waals surface area (Å²) in [7, 11) is -3.52. The van der Waals surface area contributed by atoms with E-state index in [4.69, 9.17) is 17.3 Å². The fourth-order valence-electron chi connectivity index (χ4n) is 2.41. The lowest BCUT2D eigenvalue weighted by Gasteiger charge is -2.36. The van der Waals surface area contributed by atoms with E-state index in [-0.39, 0.29) is 10.3 Å². The van der Waals surface area contributed by atoms with Crippen molar-refractivity contribution in [3.05, 3.63) is 22.7 Å². The molecule has 0 saturated carbocycles. The largest absolute Gasteiger partial charge is 0.398 e. The molecule has 2 N–H and O–H groups in total. The molecule has 1 aromatic rings. The Hall–Kier alpha value is -0.780. The summed E-state index contributed by atoms with van der Waals surface area (Å²) in [5.74, 6) is 0. The summed E-state index contributed by atoms with van der Waals surface area (Å²) in [5, 5.41) is 0.351. The van der Waals surface area contributed by atoms with Crippen LogP contribution in [0.4, 0.5) is 5.69 Å². The normalized spacial score (nSPS) is 20.0. The molecule has 112 valence electrons. The molecule has 20 heavy (non-hydrogen) atoms. The van der Waals surface area contributed by atoms with E-state index in [0.29, 0.717) is 29.4 Å². The van der Waals surface area contributed by atoms with Gasteiger partial charge in [0.25, 0.3) is 0 Å². The predicted molar refractivity (Wildman–Crippen MR) is 82.4 cm³/mol. The summed E-state index contributed by atoms with van der Waals surface area (Å²) in [6.07, 6.45) is 1.72. The van der Waals surface area contributed by atoms with Gasteiger partial charge < -0.3 is 5.73 Å². The number of hydrogen-bond donors (Lipinski definition) is 1. The Labute approximate surface area is 126 Å². The number of sulfonamides is 1. The molecule has 1 aromatic carbocycles. The molecule has 0 unspecified atom stereocenters. The van der Waals surface area contributed by atoms with Crippen molar-refractivity contribution in [3.8, 4) is 0 Å². The Balaban J connectivity index is 2.37. The topological polar surface area (TPSA) is 63.4 Å². The van der Waals surface area contributed by atoms with E-state index >= 15 is 0 Å². The fourth-order valence-corrected chi connectivity index (χ4v) is 4.43. The van der Waals surface area contributed by atoms with E-state index in [1.165, 1.54) is 10.4 Å². The van der Waals surface area contributed by atoms with E-state index < -0.39 is 10.0 Å². The zero-order valence-electron chi connectivity index (χ0n) is 12.1. The smallest absolute Gasteiger partial charge is 0.243 e. The zero-order chi connectivity index (χ0) is 15.1. The van der Waals surface area contributed by atoms with Gasteiger partial charge in [-0.3, -0.25) is 0 Å². The van der Waals surface area contributed by atoms with Gasteiger partial charge in [-0.2, -0.15) is 4.31 Å². The maximum absolute atomic E-state index is 12.7. The number of nitrogens with two attached hydrogens (primary N) is 1. The number of nitrogen functional groups attached to an aromatic ring is 1. The molecular weight excluding hydrogens is 296 g/mol. The lowest BCUT2D eigenvalue weighted by molar-refractivity contribution is 0.196. The quantitative estimate of drug-likeness (QED) is 0.853. The van der Waals surface area contributed by atoms with Crippen LogP contribution >= 0.6 is 11.6 Å². The molecule has 0 spiro atoms. The highest BCUT2D eigenvalue weighted by atomic mass is 35.5. The fraction of sp³-hybridized carbons (Fsp3) is 0.571. The van der Waals surface area contributed by atoms with Gasteiger partial charge in [0.1, 0.15) is 0 Å². The average Bonchev–Trinajstić information content (AvgIpc) is 2.33. The summed E-state index contributed by atoms with van der Waals surface area (Å²) >= 11 is 5.95. The maximum Gasteiger partial charge on any atom is 0.243 e. The molecule has 4 nitrogen and oxygen atoms in total. The molecule has 6 heteroatoms. The van der Waals surface area contributed by atoms with Crippen molar-refractivity contribution in [1.82, 2.24) is 4.31 Å². The van der Waals surface area contributed by atoms with Crippen LogP contribution < -0.4 is 5.73 Å². The molecule has 0 atom stereocenters. The first kappa shape index (κ1) is 15.6. The number of nitrogens with zero attached hydrogens (tertiary/aromatic N) is 1. The third-order valence-corrected chi connectivity index (χ3v) is 6.30. The number of piperidine rings is 1.